The third-order valence-corrected chi connectivity index (χ3v) is 4.77. The van der Waals surface area contributed by atoms with Crippen LogP contribution >= 0.6 is 11.8 Å². The number of methoxy groups -OCH3 is 1. The highest BCUT2D eigenvalue weighted by Crippen LogP contribution is 2.28. The number of carbonyl (C=O) groups excluding carboxylic acids is 1. The first-order valence-electron chi connectivity index (χ1n) is 9.00. The molecule has 1 atom stereocenters. The molecule has 0 radical (unpaired) electrons. The summed E-state index contributed by atoms with van der Waals surface area (Å²) in [4.78, 5) is 13.3. The van der Waals surface area contributed by atoms with Crippen molar-refractivity contribution in [3.63, 3.8) is 0 Å². The number of thioether (sulfide) groups is 1. The number of hydrogen-bond acceptors (Lipinski definition) is 5. The summed E-state index contributed by atoms with van der Waals surface area (Å²) in [6.07, 6.45) is 0.294. The van der Waals surface area contributed by atoms with Crippen LogP contribution in [0.15, 0.2) is 59.5 Å². The zero-order valence-electron chi connectivity index (χ0n) is 16.4. The Kier molecular flexibility index (Phi) is 8.20. The molecule has 0 aliphatic heterocycles. The van der Waals surface area contributed by atoms with E-state index in [1.54, 1.807) is 18.9 Å². The highest BCUT2D eigenvalue weighted by Gasteiger charge is 2.21. The summed E-state index contributed by atoms with van der Waals surface area (Å²) in [7, 11) is 1.64. The van der Waals surface area contributed by atoms with Crippen molar-refractivity contribution in [1.82, 2.24) is 0 Å². The normalized spacial score (nSPS) is 12.4. The average molecular weight is 389 g/mol. The number of benzene rings is 2. The van der Waals surface area contributed by atoms with Crippen LogP contribution in [0.2, 0.25) is 0 Å². The van der Waals surface area contributed by atoms with Crippen molar-refractivity contribution in [2.45, 2.75) is 49.5 Å². The predicted molar refractivity (Wildman–Crippen MR) is 109 cm³/mol. The quantitative estimate of drug-likeness (QED) is 0.441. The van der Waals surface area contributed by atoms with Crippen LogP contribution in [0.3, 0.4) is 0 Å². The third kappa shape index (κ3) is 8.50. The summed E-state index contributed by atoms with van der Waals surface area (Å²) >= 11 is 1.62. The van der Waals surface area contributed by atoms with Gasteiger partial charge in [-0.2, -0.15) is 0 Å². The highest BCUT2D eigenvalue weighted by atomic mass is 32.2. The minimum absolute atomic E-state index is 0.0306. The van der Waals surface area contributed by atoms with Crippen LogP contribution in [0.1, 0.15) is 32.8 Å². The van der Waals surface area contributed by atoms with Crippen LogP contribution in [0.4, 0.5) is 0 Å². The molecule has 146 valence electrons. The van der Waals surface area contributed by atoms with Crippen molar-refractivity contribution in [2.24, 2.45) is 0 Å². The van der Waals surface area contributed by atoms with Gasteiger partial charge in [-0.25, -0.2) is 0 Å². The molecule has 0 fully saturated rings. The van der Waals surface area contributed by atoms with Gasteiger partial charge in [-0.1, -0.05) is 30.3 Å². The maximum Gasteiger partial charge on any atom is 0.307 e. The summed E-state index contributed by atoms with van der Waals surface area (Å²) in [6.45, 7) is 6.62. The molecule has 0 aromatic heterocycles. The molecule has 0 aliphatic carbocycles. The van der Waals surface area contributed by atoms with Crippen molar-refractivity contribution in [3.8, 4) is 5.75 Å². The van der Waals surface area contributed by atoms with Gasteiger partial charge < -0.3 is 14.2 Å². The zero-order chi connectivity index (χ0) is 19.7. The van der Waals surface area contributed by atoms with Crippen molar-refractivity contribution < 1.29 is 19.0 Å². The SMILES string of the molecule is COc1ccc(SC(COCc2ccccc2)CC(=O)OC(C)(C)C)cc1. The topological polar surface area (TPSA) is 44.8 Å². The highest BCUT2D eigenvalue weighted by molar-refractivity contribution is 8.00. The summed E-state index contributed by atoms with van der Waals surface area (Å²) in [5, 5.41) is -0.0306. The van der Waals surface area contributed by atoms with Gasteiger partial charge in [0.2, 0.25) is 0 Å². The molecule has 0 saturated heterocycles. The molecule has 2 aromatic carbocycles. The third-order valence-electron chi connectivity index (χ3n) is 3.59. The molecule has 0 bridgehead atoms. The van der Waals surface area contributed by atoms with Gasteiger partial charge in [0.15, 0.2) is 0 Å². The zero-order valence-corrected chi connectivity index (χ0v) is 17.3. The van der Waals surface area contributed by atoms with Gasteiger partial charge in [0.05, 0.1) is 26.7 Å². The largest absolute Gasteiger partial charge is 0.497 e. The molecule has 0 N–H and O–H groups in total. The van der Waals surface area contributed by atoms with Gasteiger partial charge in [-0.05, 0) is 50.6 Å². The van der Waals surface area contributed by atoms with E-state index in [-0.39, 0.29) is 11.2 Å². The fourth-order valence-electron chi connectivity index (χ4n) is 2.43. The van der Waals surface area contributed by atoms with E-state index in [4.69, 9.17) is 14.2 Å². The molecule has 0 spiro atoms. The Morgan fingerprint density at radius 3 is 2.30 bits per heavy atom. The predicted octanol–water partition coefficient (Wildman–Crippen LogP) is 5.10. The minimum atomic E-state index is -0.489. The Labute approximate surface area is 166 Å². The van der Waals surface area contributed by atoms with Gasteiger partial charge in [0, 0.05) is 10.1 Å². The van der Waals surface area contributed by atoms with Crippen molar-refractivity contribution in [3.05, 3.63) is 60.2 Å². The van der Waals surface area contributed by atoms with Crippen LogP contribution in [-0.4, -0.2) is 30.5 Å². The van der Waals surface area contributed by atoms with E-state index in [9.17, 15) is 4.79 Å². The van der Waals surface area contributed by atoms with E-state index in [0.717, 1.165) is 16.2 Å². The van der Waals surface area contributed by atoms with E-state index in [1.165, 1.54) is 0 Å². The van der Waals surface area contributed by atoms with Gasteiger partial charge in [0.1, 0.15) is 11.4 Å². The maximum absolute atomic E-state index is 12.3. The van der Waals surface area contributed by atoms with E-state index >= 15 is 0 Å². The first-order chi connectivity index (χ1) is 12.9. The first-order valence-corrected chi connectivity index (χ1v) is 9.88. The summed E-state index contributed by atoms with van der Waals surface area (Å²) in [5.74, 6) is 0.597. The average Bonchev–Trinajstić information content (AvgIpc) is 2.61. The van der Waals surface area contributed by atoms with Crippen LogP contribution in [0.5, 0.6) is 5.75 Å². The second-order valence-corrected chi connectivity index (χ2v) is 8.58. The molecule has 0 aliphatic rings. The lowest BCUT2D eigenvalue weighted by Gasteiger charge is -2.22. The molecule has 0 heterocycles. The number of carbonyl (C=O) groups is 1. The fourth-order valence-corrected chi connectivity index (χ4v) is 3.49. The Morgan fingerprint density at radius 1 is 1.04 bits per heavy atom. The molecular formula is C22H28O4S. The van der Waals surface area contributed by atoms with E-state index in [2.05, 4.69) is 0 Å². The molecule has 2 aromatic rings. The second kappa shape index (κ2) is 10.4. The number of esters is 1. The lowest BCUT2D eigenvalue weighted by Crippen LogP contribution is -2.27. The number of ether oxygens (including phenoxy) is 3. The maximum atomic E-state index is 12.3. The smallest absolute Gasteiger partial charge is 0.307 e. The monoisotopic (exact) mass is 388 g/mol. The van der Waals surface area contributed by atoms with E-state index in [0.29, 0.717) is 19.6 Å². The molecule has 27 heavy (non-hydrogen) atoms. The van der Waals surface area contributed by atoms with Crippen molar-refractivity contribution >= 4 is 17.7 Å². The van der Waals surface area contributed by atoms with Crippen molar-refractivity contribution in [2.75, 3.05) is 13.7 Å². The number of rotatable bonds is 9. The lowest BCUT2D eigenvalue weighted by molar-refractivity contribution is -0.155. The fraction of sp³-hybridized carbons (Fsp3) is 0.409. The Hall–Kier alpha value is -1.98. The standard InChI is InChI=1S/C22H28O4S/c1-22(2,3)26-21(23)14-20(16-25-15-17-8-6-5-7-9-17)27-19-12-10-18(24-4)11-13-19/h5-13,20H,14-16H2,1-4H3. The van der Waals surface area contributed by atoms with Crippen molar-refractivity contribution in [1.29, 1.82) is 0 Å². The molecule has 0 amide bonds. The lowest BCUT2D eigenvalue weighted by atomic mass is 10.2. The molecule has 0 saturated carbocycles. The molecule has 5 heteroatoms. The Morgan fingerprint density at radius 2 is 1.70 bits per heavy atom. The molecular weight excluding hydrogens is 360 g/mol. The van der Waals surface area contributed by atoms with Crippen LogP contribution < -0.4 is 4.74 Å². The van der Waals surface area contributed by atoms with Gasteiger partial charge in [0.25, 0.3) is 0 Å². The van der Waals surface area contributed by atoms with Gasteiger partial charge >= 0.3 is 5.97 Å². The first kappa shape index (κ1) is 21.3. The summed E-state index contributed by atoms with van der Waals surface area (Å²) < 4.78 is 16.6. The molecule has 1 unspecified atom stereocenters. The summed E-state index contributed by atoms with van der Waals surface area (Å²) in [5.41, 5.74) is 0.625. The Bertz CT molecular complexity index is 693. The van der Waals surface area contributed by atoms with E-state index in [1.807, 2.05) is 75.4 Å². The van der Waals surface area contributed by atoms with Gasteiger partial charge in [-0.3, -0.25) is 4.79 Å². The van der Waals surface area contributed by atoms with Gasteiger partial charge in [-0.15, -0.1) is 11.8 Å². The Balaban J connectivity index is 1.96. The van der Waals surface area contributed by atoms with Crippen LogP contribution in [0, 0.1) is 0 Å². The summed E-state index contributed by atoms with van der Waals surface area (Å²) in [6, 6.07) is 17.8. The minimum Gasteiger partial charge on any atom is -0.497 e. The van der Waals surface area contributed by atoms with Crippen LogP contribution in [-0.2, 0) is 20.9 Å². The van der Waals surface area contributed by atoms with E-state index < -0.39 is 5.60 Å². The van der Waals surface area contributed by atoms with Crippen LogP contribution in [0.25, 0.3) is 0 Å². The molecule has 2 rings (SSSR count). The molecule has 4 nitrogen and oxygen atoms in total. The second-order valence-electron chi connectivity index (χ2n) is 7.21. The number of hydrogen-bond donors (Lipinski definition) is 0.